The van der Waals surface area contributed by atoms with Gasteiger partial charge in [0.2, 0.25) is 11.4 Å². The zero-order chi connectivity index (χ0) is 23.9. The molecule has 0 radical (unpaired) electrons. The molecule has 12 heteroatoms. The molecular weight excluding hydrogens is 463 g/mol. The topological polar surface area (TPSA) is 87.7 Å². The number of halogens is 4. The van der Waals surface area contributed by atoms with Gasteiger partial charge in [-0.1, -0.05) is 18.2 Å². The Kier molecular flexibility index (Phi) is 6.44. The first-order chi connectivity index (χ1) is 15.7. The summed E-state index contributed by atoms with van der Waals surface area (Å²) in [5.74, 6) is -1.68. The molecule has 1 unspecified atom stereocenters. The van der Waals surface area contributed by atoms with Crippen LogP contribution in [0.2, 0.25) is 5.28 Å². The number of carbonyl (C=O) groups is 2. The Morgan fingerprint density at radius 2 is 2.00 bits per heavy atom. The molecule has 2 amide bonds. The van der Waals surface area contributed by atoms with Crippen molar-refractivity contribution in [3.8, 4) is 0 Å². The van der Waals surface area contributed by atoms with Crippen LogP contribution in [0.1, 0.15) is 41.8 Å². The first-order valence-corrected chi connectivity index (χ1v) is 10.6. The van der Waals surface area contributed by atoms with E-state index in [1.807, 2.05) is 0 Å². The first-order valence-electron chi connectivity index (χ1n) is 10.2. The van der Waals surface area contributed by atoms with Gasteiger partial charge in [0.05, 0.1) is 37.0 Å². The summed E-state index contributed by atoms with van der Waals surface area (Å²) in [6, 6.07) is 3.06. The van der Waals surface area contributed by atoms with Crippen molar-refractivity contribution in [2.24, 2.45) is 0 Å². The molecule has 1 aromatic heterocycles. The second-order valence-electron chi connectivity index (χ2n) is 7.89. The van der Waals surface area contributed by atoms with Crippen LogP contribution in [-0.4, -0.2) is 57.9 Å². The zero-order valence-corrected chi connectivity index (χ0v) is 18.6. The lowest BCUT2D eigenvalue weighted by molar-refractivity contribution is -0.164. The van der Waals surface area contributed by atoms with Crippen LogP contribution < -0.4 is 5.32 Å². The summed E-state index contributed by atoms with van der Waals surface area (Å²) in [7, 11) is 1.60. The lowest BCUT2D eigenvalue weighted by Gasteiger charge is -2.30. The highest BCUT2D eigenvalue weighted by Gasteiger charge is 2.39. The lowest BCUT2D eigenvalue weighted by Crippen LogP contribution is -2.52. The van der Waals surface area contributed by atoms with Gasteiger partial charge in [-0.3, -0.25) is 9.59 Å². The summed E-state index contributed by atoms with van der Waals surface area (Å²) in [5, 5.41) is 2.90. The SMILES string of the molecule is C[C@@H](Nc1nc(Cl)nc2c1CN(C(=O)C1OCCN(C)C1=O)C2)c1cccc(C(F)F)c1F. The summed E-state index contributed by atoms with van der Waals surface area (Å²) >= 11 is 6.05. The van der Waals surface area contributed by atoms with E-state index in [0.29, 0.717) is 17.8 Å². The lowest BCUT2D eigenvalue weighted by atomic mass is 10.0. The van der Waals surface area contributed by atoms with Crippen LogP contribution in [-0.2, 0) is 27.4 Å². The van der Waals surface area contributed by atoms with Gasteiger partial charge in [0.1, 0.15) is 11.6 Å². The second-order valence-corrected chi connectivity index (χ2v) is 8.23. The van der Waals surface area contributed by atoms with Gasteiger partial charge in [-0.05, 0) is 18.5 Å². The quantitative estimate of drug-likeness (QED) is 0.519. The summed E-state index contributed by atoms with van der Waals surface area (Å²) in [4.78, 5) is 36.4. The Balaban J connectivity index is 1.56. The second kappa shape index (κ2) is 9.14. The van der Waals surface area contributed by atoms with E-state index in [-0.39, 0.29) is 36.4 Å². The molecule has 2 aliphatic heterocycles. The van der Waals surface area contributed by atoms with E-state index in [4.69, 9.17) is 16.3 Å². The number of fused-ring (bicyclic) bond motifs is 1. The van der Waals surface area contributed by atoms with E-state index in [0.717, 1.165) is 6.07 Å². The van der Waals surface area contributed by atoms with E-state index >= 15 is 0 Å². The molecule has 0 saturated carbocycles. The fourth-order valence-electron chi connectivity index (χ4n) is 3.89. The molecular formula is C21H21ClF3N5O3. The largest absolute Gasteiger partial charge is 0.363 e. The van der Waals surface area contributed by atoms with E-state index in [1.54, 1.807) is 14.0 Å². The number of morpholine rings is 1. The van der Waals surface area contributed by atoms with Crippen LogP contribution in [0.15, 0.2) is 18.2 Å². The molecule has 1 aromatic carbocycles. The Hall–Kier alpha value is -2.92. The van der Waals surface area contributed by atoms with Crippen LogP contribution >= 0.6 is 11.6 Å². The van der Waals surface area contributed by atoms with Crippen LogP contribution in [0.5, 0.6) is 0 Å². The Bertz CT molecular complexity index is 1100. The number of benzene rings is 1. The Labute approximate surface area is 192 Å². The van der Waals surface area contributed by atoms with Crippen molar-refractivity contribution in [3.05, 3.63) is 51.7 Å². The standard InChI is InChI=1S/C21H21ClF3N5O3/c1-10(11-4-3-5-12(15(11)23)17(24)25)26-18-13-8-30(9-14(13)27-21(22)28-18)20(32)16-19(31)29(2)6-7-33-16/h3-5,10,16-17H,6-9H2,1-2H3,(H,26,27,28)/t10-,16?/m1/s1. The monoisotopic (exact) mass is 483 g/mol. The number of anilines is 1. The maximum Gasteiger partial charge on any atom is 0.266 e. The molecule has 2 aliphatic rings. The number of nitrogens with one attached hydrogen (secondary N) is 1. The zero-order valence-electron chi connectivity index (χ0n) is 17.8. The Morgan fingerprint density at radius 1 is 1.27 bits per heavy atom. The molecule has 3 heterocycles. The molecule has 2 aromatic rings. The number of amides is 2. The van der Waals surface area contributed by atoms with E-state index in [2.05, 4.69) is 15.3 Å². The predicted octanol–water partition coefficient (Wildman–Crippen LogP) is 3.08. The number of aromatic nitrogens is 2. The third kappa shape index (κ3) is 4.47. The van der Waals surface area contributed by atoms with Gasteiger partial charge in [-0.15, -0.1) is 0 Å². The van der Waals surface area contributed by atoms with Crippen LogP contribution in [0.25, 0.3) is 0 Å². The maximum atomic E-state index is 14.6. The van der Waals surface area contributed by atoms with Gasteiger partial charge in [-0.2, -0.15) is 0 Å². The highest BCUT2D eigenvalue weighted by atomic mass is 35.5. The number of hydrogen-bond acceptors (Lipinski definition) is 6. The number of rotatable bonds is 5. The number of carbonyl (C=O) groups excluding carboxylic acids is 2. The van der Waals surface area contributed by atoms with Gasteiger partial charge in [0.25, 0.3) is 18.2 Å². The smallest absolute Gasteiger partial charge is 0.266 e. The summed E-state index contributed by atoms with van der Waals surface area (Å²) < 4.78 is 46.1. The van der Waals surface area contributed by atoms with Crippen molar-refractivity contribution in [2.45, 2.75) is 38.6 Å². The van der Waals surface area contributed by atoms with Gasteiger partial charge >= 0.3 is 0 Å². The van der Waals surface area contributed by atoms with Crippen molar-refractivity contribution in [1.82, 2.24) is 19.8 Å². The molecule has 1 N–H and O–H groups in total. The van der Waals surface area contributed by atoms with E-state index in [1.165, 1.54) is 21.9 Å². The Morgan fingerprint density at radius 3 is 2.73 bits per heavy atom. The number of ether oxygens (including phenoxy) is 1. The van der Waals surface area contributed by atoms with Crippen molar-refractivity contribution in [2.75, 3.05) is 25.5 Å². The molecule has 0 aliphatic carbocycles. The van der Waals surface area contributed by atoms with E-state index in [9.17, 15) is 22.8 Å². The molecule has 1 fully saturated rings. The summed E-state index contributed by atoms with van der Waals surface area (Å²) in [6.45, 7) is 2.42. The molecule has 0 bridgehead atoms. The minimum Gasteiger partial charge on any atom is -0.363 e. The molecule has 0 spiro atoms. The minimum absolute atomic E-state index is 0.0338. The van der Waals surface area contributed by atoms with Crippen molar-refractivity contribution >= 4 is 29.2 Å². The normalized spacial score (nSPS) is 19.1. The molecule has 1 saturated heterocycles. The van der Waals surface area contributed by atoms with Gasteiger partial charge in [0, 0.05) is 24.7 Å². The molecule has 2 atom stereocenters. The molecule has 4 rings (SSSR count). The van der Waals surface area contributed by atoms with Crippen LogP contribution in [0.4, 0.5) is 19.0 Å². The van der Waals surface area contributed by atoms with Crippen molar-refractivity contribution in [1.29, 1.82) is 0 Å². The minimum atomic E-state index is -2.95. The number of alkyl halides is 2. The van der Waals surface area contributed by atoms with Gasteiger partial charge in [0.15, 0.2) is 0 Å². The molecule has 8 nitrogen and oxygen atoms in total. The number of hydrogen-bond donors (Lipinski definition) is 1. The van der Waals surface area contributed by atoms with Crippen molar-refractivity contribution < 1.29 is 27.5 Å². The maximum absolute atomic E-state index is 14.6. The number of likely N-dealkylation sites (N-methyl/N-ethyl adjacent to an activating group) is 1. The van der Waals surface area contributed by atoms with Crippen LogP contribution in [0.3, 0.4) is 0 Å². The highest BCUT2D eigenvalue weighted by molar-refractivity contribution is 6.28. The van der Waals surface area contributed by atoms with E-state index < -0.39 is 41.8 Å². The predicted molar refractivity (Wildman–Crippen MR) is 112 cm³/mol. The third-order valence-electron chi connectivity index (χ3n) is 5.72. The molecule has 33 heavy (non-hydrogen) atoms. The third-order valence-corrected chi connectivity index (χ3v) is 5.89. The molecule has 176 valence electrons. The van der Waals surface area contributed by atoms with Gasteiger partial charge in [-0.25, -0.2) is 23.1 Å². The first kappa shape index (κ1) is 23.2. The highest BCUT2D eigenvalue weighted by Crippen LogP contribution is 2.33. The van der Waals surface area contributed by atoms with Gasteiger partial charge < -0.3 is 19.9 Å². The summed E-state index contributed by atoms with van der Waals surface area (Å²) in [5.41, 5.74) is 0.357. The summed E-state index contributed by atoms with van der Waals surface area (Å²) in [6.07, 6.45) is -4.18. The van der Waals surface area contributed by atoms with Crippen LogP contribution in [0, 0.1) is 5.82 Å². The average molecular weight is 484 g/mol. The average Bonchev–Trinajstić information content (AvgIpc) is 3.19. The fraction of sp³-hybridized carbons (Fsp3) is 0.429. The number of nitrogens with zero attached hydrogens (tertiary/aromatic N) is 4. The van der Waals surface area contributed by atoms with Crippen molar-refractivity contribution in [3.63, 3.8) is 0 Å². The fourth-order valence-corrected chi connectivity index (χ4v) is 4.07.